The highest BCUT2D eigenvalue weighted by atomic mass is 32.1. The Kier molecular flexibility index (Phi) is 5.15. The van der Waals surface area contributed by atoms with Crippen molar-refractivity contribution >= 4 is 11.3 Å². The fourth-order valence-electron chi connectivity index (χ4n) is 1.97. The quantitative estimate of drug-likeness (QED) is 0.870. The van der Waals surface area contributed by atoms with Gasteiger partial charge in [0.1, 0.15) is 5.75 Å². The second kappa shape index (κ2) is 6.86. The molecule has 3 nitrogen and oxygen atoms in total. The highest BCUT2D eigenvalue weighted by Crippen LogP contribution is 2.19. The zero-order valence-corrected chi connectivity index (χ0v) is 13.3. The summed E-state index contributed by atoms with van der Waals surface area (Å²) < 4.78 is 5.65. The van der Waals surface area contributed by atoms with E-state index in [2.05, 4.69) is 34.7 Å². The number of aromatic nitrogens is 1. The summed E-state index contributed by atoms with van der Waals surface area (Å²) >= 11 is 1.69. The lowest BCUT2D eigenvalue weighted by Gasteiger charge is -2.15. The van der Waals surface area contributed by atoms with Crippen molar-refractivity contribution in [3.05, 3.63) is 45.9 Å². The molecule has 108 valence electrons. The van der Waals surface area contributed by atoms with Crippen LogP contribution in [0.2, 0.25) is 0 Å². The molecule has 0 aliphatic carbocycles. The molecule has 2 rings (SSSR count). The fourth-order valence-corrected chi connectivity index (χ4v) is 2.58. The zero-order valence-electron chi connectivity index (χ0n) is 12.5. The maximum absolute atomic E-state index is 5.65. The summed E-state index contributed by atoms with van der Waals surface area (Å²) in [6.45, 7) is 9.07. The molecule has 0 saturated carbocycles. The summed E-state index contributed by atoms with van der Waals surface area (Å²) in [6, 6.07) is 8.58. The molecule has 20 heavy (non-hydrogen) atoms. The molecule has 0 saturated heterocycles. The number of thiazole rings is 1. The van der Waals surface area contributed by atoms with Gasteiger partial charge >= 0.3 is 0 Å². The first-order chi connectivity index (χ1) is 9.54. The summed E-state index contributed by atoms with van der Waals surface area (Å²) in [5, 5.41) is 6.71. The van der Waals surface area contributed by atoms with Gasteiger partial charge < -0.3 is 10.1 Å². The molecule has 1 unspecified atom stereocenters. The van der Waals surface area contributed by atoms with Gasteiger partial charge in [0.25, 0.3) is 0 Å². The van der Waals surface area contributed by atoms with Crippen molar-refractivity contribution in [2.75, 3.05) is 0 Å². The number of aryl methyl sites for hydroxylation is 1. The van der Waals surface area contributed by atoms with Crippen LogP contribution in [0.5, 0.6) is 5.75 Å². The van der Waals surface area contributed by atoms with E-state index in [4.69, 9.17) is 4.74 Å². The van der Waals surface area contributed by atoms with Gasteiger partial charge in [0.05, 0.1) is 16.8 Å². The van der Waals surface area contributed by atoms with Gasteiger partial charge in [0.2, 0.25) is 0 Å². The second-order valence-corrected chi connectivity index (χ2v) is 6.26. The minimum Gasteiger partial charge on any atom is -0.491 e. The van der Waals surface area contributed by atoms with Crippen molar-refractivity contribution in [3.63, 3.8) is 0 Å². The van der Waals surface area contributed by atoms with E-state index < -0.39 is 0 Å². The Balaban J connectivity index is 1.90. The van der Waals surface area contributed by atoms with Crippen LogP contribution in [0.25, 0.3) is 0 Å². The number of hydrogen-bond donors (Lipinski definition) is 1. The summed E-state index contributed by atoms with van der Waals surface area (Å²) in [6.07, 6.45) is 0.212. The second-order valence-electron chi connectivity index (χ2n) is 5.20. The standard InChI is InChI=1S/C16H22N2OS/c1-11(2)19-16-7-5-14(6-8-16)12(3)17-9-15-10-20-13(4)18-15/h5-8,10-12,17H,9H2,1-4H3. The Morgan fingerprint density at radius 2 is 1.90 bits per heavy atom. The van der Waals surface area contributed by atoms with Gasteiger partial charge in [-0.15, -0.1) is 11.3 Å². The molecule has 1 aromatic heterocycles. The summed E-state index contributed by atoms with van der Waals surface area (Å²) in [5.41, 5.74) is 2.37. The Morgan fingerprint density at radius 1 is 1.20 bits per heavy atom. The lowest BCUT2D eigenvalue weighted by atomic mass is 10.1. The van der Waals surface area contributed by atoms with Gasteiger partial charge in [-0.25, -0.2) is 4.98 Å². The van der Waals surface area contributed by atoms with E-state index in [1.165, 1.54) is 5.56 Å². The van der Waals surface area contributed by atoms with Crippen LogP contribution in [0.4, 0.5) is 0 Å². The highest BCUT2D eigenvalue weighted by Gasteiger charge is 2.07. The van der Waals surface area contributed by atoms with Gasteiger partial charge in [-0.2, -0.15) is 0 Å². The fraction of sp³-hybridized carbons (Fsp3) is 0.438. The minimum absolute atomic E-state index is 0.212. The van der Waals surface area contributed by atoms with E-state index in [-0.39, 0.29) is 6.10 Å². The van der Waals surface area contributed by atoms with Gasteiger partial charge in [-0.1, -0.05) is 12.1 Å². The molecule has 0 aliphatic heterocycles. The van der Waals surface area contributed by atoms with Gasteiger partial charge in [-0.05, 0) is 45.4 Å². The minimum atomic E-state index is 0.212. The van der Waals surface area contributed by atoms with Crippen LogP contribution in [0.15, 0.2) is 29.6 Å². The molecular weight excluding hydrogens is 268 g/mol. The van der Waals surface area contributed by atoms with Crippen LogP contribution in [-0.2, 0) is 6.54 Å². The van der Waals surface area contributed by atoms with Crippen molar-refractivity contribution < 1.29 is 4.74 Å². The van der Waals surface area contributed by atoms with Crippen molar-refractivity contribution in [2.45, 2.75) is 46.4 Å². The average Bonchev–Trinajstić information content (AvgIpc) is 2.82. The third kappa shape index (κ3) is 4.32. The molecule has 1 atom stereocenters. The molecule has 0 bridgehead atoms. The molecular formula is C16H22N2OS. The first-order valence-electron chi connectivity index (χ1n) is 6.95. The number of nitrogens with one attached hydrogen (secondary N) is 1. The van der Waals surface area contributed by atoms with Crippen molar-refractivity contribution in [2.24, 2.45) is 0 Å². The Labute approximate surface area is 125 Å². The molecule has 1 heterocycles. The normalized spacial score (nSPS) is 12.7. The van der Waals surface area contributed by atoms with Crippen molar-refractivity contribution in [1.29, 1.82) is 0 Å². The highest BCUT2D eigenvalue weighted by molar-refractivity contribution is 7.09. The van der Waals surface area contributed by atoms with E-state index >= 15 is 0 Å². The molecule has 0 spiro atoms. The first-order valence-corrected chi connectivity index (χ1v) is 7.83. The van der Waals surface area contributed by atoms with Crippen LogP contribution in [0, 0.1) is 6.92 Å². The summed E-state index contributed by atoms with van der Waals surface area (Å²) in [7, 11) is 0. The number of benzene rings is 1. The first kappa shape index (κ1) is 15.0. The number of hydrogen-bond acceptors (Lipinski definition) is 4. The summed E-state index contributed by atoms with van der Waals surface area (Å²) in [5.74, 6) is 0.922. The van der Waals surface area contributed by atoms with Crippen molar-refractivity contribution in [1.82, 2.24) is 10.3 Å². The molecule has 1 aromatic carbocycles. The lowest BCUT2D eigenvalue weighted by molar-refractivity contribution is 0.242. The van der Waals surface area contributed by atoms with E-state index in [1.54, 1.807) is 11.3 Å². The Hall–Kier alpha value is -1.39. The third-order valence-corrected chi connectivity index (χ3v) is 3.83. The number of nitrogens with zero attached hydrogens (tertiary/aromatic N) is 1. The molecule has 2 aromatic rings. The topological polar surface area (TPSA) is 34.2 Å². The predicted octanol–water partition coefficient (Wildman–Crippen LogP) is 4.09. The molecule has 0 amide bonds. The Bertz CT molecular complexity index is 534. The van der Waals surface area contributed by atoms with Gasteiger partial charge in [-0.3, -0.25) is 0 Å². The molecule has 0 radical (unpaired) electrons. The zero-order chi connectivity index (χ0) is 14.5. The van der Waals surface area contributed by atoms with Crippen LogP contribution in [0.3, 0.4) is 0 Å². The maximum Gasteiger partial charge on any atom is 0.119 e. The van der Waals surface area contributed by atoms with Crippen LogP contribution in [0.1, 0.15) is 43.1 Å². The molecule has 0 fully saturated rings. The SMILES string of the molecule is Cc1nc(CNC(C)c2ccc(OC(C)C)cc2)cs1. The van der Waals surface area contributed by atoms with Crippen LogP contribution < -0.4 is 10.1 Å². The van der Waals surface area contributed by atoms with Crippen LogP contribution in [-0.4, -0.2) is 11.1 Å². The van der Waals surface area contributed by atoms with E-state index in [0.717, 1.165) is 23.0 Å². The third-order valence-electron chi connectivity index (χ3n) is 3.01. The van der Waals surface area contributed by atoms with Gasteiger partial charge in [0.15, 0.2) is 0 Å². The Morgan fingerprint density at radius 3 is 2.45 bits per heavy atom. The van der Waals surface area contributed by atoms with E-state index in [0.29, 0.717) is 6.04 Å². The summed E-state index contributed by atoms with van der Waals surface area (Å²) in [4.78, 5) is 4.46. The molecule has 4 heteroatoms. The predicted molar refractivity (Wildman–Crippen MR) is 84.3 cm³/mol. The van der Waals surface area contributed by atoms with Gasteiger partial charge in [0, 0.05) is 18.0 Å². The van der Waals surface area contributed by atoms with Crippen molar-refractivity contribution in [3.8, 4) is 5.75 Å². The largest absolute Gasteiger partial charge is 0.491 e. The van der Waals surface area contributed by atoms with Crippen LogP contribution >= 0.6 is 11.3 Å². The number of rotatable bonds is 6. The smallest absolute Gasteiger partial charge is 0.119 e. The van der Waals surface area contributed by atoms with E-state index in [1.807, 2.05) is 32.9 Å². The van der Waals surface area contributed by atoms with E-state index in [9.17, 15) is 0 Å². The lowest BCUT2D eigenvalue weighted by Crippen LogP contribution is -2.18. The molecule has 1 N–H and O–H groups in total. The monoisotopic (exact) mass is 290 g/mol. The maximum atomic E-state index is 5.65. The molecule has 0 aliphatic rings. The number of ether oxygens (including phenoxy) is 1. The average molecular weight is 290 g/mol.